The van der Waals surface area contributed by atoms with Crippen LogP contribution in [0.5, 0.6) is 0 Å². The first-order chi connectivity index (χ1) is 26.8. The molecule has 0 aromatic rings. The van der Waals surface area contributed by atoms with Crippen LogP contribution in [0.2, 0.25) is 0 Å². The van der Waals surface area contributed by atoms with E-state index in [1.165, 1.54) is 50.0 Å². The Labute approximate surface area is 345 Å². The van der Waals surface area contributed by atoms with Crippen LogP contribution < -0.4 is 5.32 Å². The highest BCUT2D eigenvalue weighted by Gasteiger charge is 2.87. The average molecular weight is 842 g/mol. The van der Waals surface area contributed by atoms with Gasteiger partial charge in [0.25, 0.3) is 0 Å². The fourth-order valence-corrected chi connectivity index (χ4v) is 19.2. The first kappa shape index (κ1) is 40.1. The van der Waals surface area contributed by atoms with Gasteiger partial charge in [0.15, 0.2) is 5.60 Å². The number of likely N-dealkylation sites (tertiary alicyclic amines) is 1. The molecule has 15 heteroatoms. The van der Waals surface area contributed by atoms with Crippen LogP contribution >= 0.6 is 57.2 Å². The van der Waals surface area contributed by atoms with E-state index in [4.69, 9.17) is 23.1 Å². The first-order valence-electron chi connectivity index (χ1n) is 21.1. The van der Waals surface area contributed by atoms with E-state index in [2.05, 4.69) is 82.2 Å². The van der Waals surface area contributed by atoms with Crippen LogP contribution in [0, 0.1) is 0 Å². The Hall–Kier alpha value is 0.670. The predicted molar refractivity (Wildman–Crippen MR) is 227 cm³/mol. The van der Waals surface area contributed by atoms with E-state index in [1.807, 2.05) is 18.3 Å². The highest BCUT2D eigenvalue weighted by molar-refractivity contribution is 8.77. The van der Waals surface area contributed by atoms with Crippen LogP contribution in [0.4, 0.5) is 0 Å². The second kappa shape index (κ2) is 18.1. The molecule has 1 N–H and O–H groups in total. The lowest BCUT2D eigenvalue weighted by Crippen LogP contribution is -3.00. The van der Waals surface area contributed by atoms with Gasteiger partial charge in [-0.05, 0) is 62.9 Å². The molecule has 0 saturated carbocycles. The molecule has 8 saturated heterocycles. The van der Waals surface area contributed by atoms with Gasteiger partial charge in [-0.15, -0.1) is 0 Å². The topological polar surface area (TPSA) is 71.1 Å². The van der Waals surface area contributed by atoms with Crippen molar-refractivity contribution in [1.82, 2.24) is 24.9 Å². The molecule has 9 rings (SSSR count). The third-order valence-corrected chi connectivity index (χ3v) is 20.6. The Balaban J connectivity index is 1.44. The Morgan fingerprint density at radius 3 is 2.17 bits per heavy atom. The summed E-state index contributed by atoms with van der Waals surface area (Å²) in [5.41, 5.74) is -1.89. The summed E-state index contributed by atoms with van der Waals surface area (Å²) in [6.07, 6.45) is 17.0. The zero-order valence-electron chi connectivity index (χ0n) is 32.1. The molecule has 0 spiro atoms. The van der Waals surface area contributed by atoms with Crippen LogP contribution in [0.15, 0.2) is 24.2 Å². The van der Waals surface area contributed by atoms with Gasteiger partial charge in [0, 0.05) is 100.0 Å². The van der Waals surface area contributed by atoms with Crippen molar-refractivity contribution in [3.8, 4) is 0 Å². The number of hydrogen-bond donors (Lipinski definition) is 1. The molecule has 0 aromatic carbocycles. The normalized spacial score (nSPS) is 43.0. The zero-order chi connectivity index (χ0) is 36.3. The second-order valence-electron chi connectivity index (χ2n) is 16.2. The van der Waals surface area contributed by atoms with E-state index in [0.29, 0.717) is 25.1 Å². The highest BCUT2D eigenvalue weighted by atomic mass is 33.1. The number of piperazine rings is 1. The molecule has 7 unspecified atom stereocenters. The van der Waals surface area contributed by atoms with Crippen molar-refractivity contribution in [2.75, 3.05) is 121 Å². The SMILES string of the molecule is C1=COC(C2(C3CCCCS3)SOC(C3COCCO3)(C3CCCSS3)C(N3CCNCC3)(N3CCSCC3)C2(N2CCCCC2)N2CCOCC2)=CC1. The van der Waals surface area contributed by atoms with Crippen LogP contribution in [-0.4, -0.2) is 179 Å². The Kier molecular flexibility index (Phi) is 13.4. The molecule has 0 aliphatic carbocycles. The fraction of sp³-hybridized carbons (Fsp3) is 0.897. The molecule has 0 amide bonds. The molecular formula is C39H63N5O5S5. The standard InChI is InChI=1S/C39H63N5O5S5/c1-4-14-41(15-5-1)39(43-18-23-45-24-19-43)37(32-9-2-6-22-47-32,35-10-3-7-27-51-35)54-49-36(33-31-46-25-26-48-33,34-11-8-28-52-53-34)38(39,42-16-12-40-13-17-42)44-20-29-50-30-21-44/h6,9,22,33-35,40H,1-5,7-8,10-21,23-31H2. The molecule has 9 aliphatic rings. The van der Waals surface area contributed by atoms with Crippen molar-refractivity contribution < 1.29 is 23.1 Å². The van der Waals surface area contributed by atoms with Crippen molar-refractivity contribution in [1.29, 1.82) is 0 Å². The summed E-state index contributed by atoms with van der Waals surface area (Å²) >= 11 is 6.17. The van der Waals surface area contributed by atoms with Gasteiger partial charge >= 0.3 is 0 Å². The lowest BCUT2D eigenvalue weighted by atomic mass is 9.60. The predicted octanol–water partition coefficient (Wildman–Crippen LogP) is 5.37. The molecule has 7 atom stereocenters. The van der Waals surface area contributed by atoms with Crippen molar-refractivity contribution >= 4 is 57.2 Å². The first-order valence-corrected chi connectivity index (χ1v) is 26.5. The smallest absolute Gasteiger partial charge is 0.158 e. The van der Waals surface area contributed by atoms with Crippen molar-refractivity contribution in [3.05, 3.63) is 24.2 Å². The zero-order valence-corrected chi connectivity index (χ0v) is 36.2. The summed E-state index contributed by atoms with van der Waals surface area (Å²) in [5, 5.41) is 4.33. The molecule has 9 aliphatic heterocycles. The van der Waals surface area contributed by atoms with E-state index < -0.39 is 21.7 Å². The maximum Gasteiger partial charge on any atom is 0.158 e. The molecule has 0 radical (unpaired) electrons. The van der Waals surface area contributed by atoms with Gasteiger partial charge in [-0.25, -0.2) is 0 Å². The number of nitrogens with one attached hydrogen (secondary N) is 1. The van der Waals surface area contributed by atoms with Gasteiger partial charge in [-0.3, -0.25) is 19.6 Å². The van der Waals surface area contributed by atoms with E-state index >= 15 is 0 Å². The van der Waals surface area contributed by atoms with Crippen LogP contribution in [-0.2, 0) is 23.1 Å². The molecule has 10 nitrogen and oxygen atoms in total. The maximum absolute atomic E-state index is 8.35. The number of thioether (sulfide) groups is 2. The van der Waals surface area contributed by atoms with Gasteiger partial charge in [-0.2, -0.15) is 23.5 Å². The van der Waals surface area contributed by atoms with E-state index in [9.17, 15) is 0 Å². The molecule has 8 fully saturated rings. The van der Waals surface area contributed by atoms with Crippen molar-refractivity contribution in [3.63, 3.8) is 0 Å². The number of allylic oxidation sites excluding steroid dienone is 2. The minimum absolute atomic E-state index is 0.211. The number of piperidine rings is 1. The summed E-state index contributed by atoms with van der Waals surface area (Å²) in [6.45, 7) is 13.1. The molecule has 0 bridgehead atoms. The Morgan fingerprint density at radius 1 is 0.685 bits per heavy atom. The Bertz CT molecular complexity index is 1240. The summed E-state index contributed by atoms with van der Waals surface area (Å²) in [7, 11) is 4.16. The molecule has 9 heterocycles. The van der Waals surface area contributed by atoms with Crippen LogP contribution in [0.1, 0.15) is 57.8 Å². The lowest BCUT2D eigenvalue weighted by Gasteiger charge is -2.80. The van der Waals surface area contributed by atoms with E-state index in [-0.39, 0.29) is 11.4 Å². The van der Waals surface area contributed by atoms with Gasteiger partial charge in [0.1, 0.15) is 27.9 Å². The minimum Gasteiger partial charge on any atom is -0.468 e. The fourth-order valence-electron chi connectivity index (χ4n) is 11.6. The summed E-state index contributed by atoms with van der Waals surface area (Å²) in [5.74, 6) is 5.73. The van der Waals surface area contributed by atoms with Gasteiger partial charge < -0.3 is 28.4 Å². The second-order valence-corrected chi connectivity index (χ2v) is 22.4. The quantitative estimate of drug-likeness (QED) is 0.252. The molecule has 304 valence electrons. The highest BCUT2D eigenvalue weighted by Crippen LogP contribution is 2.71. The minimum atomic E-state index is -0.723. The van der Waals surface area contributed by atoms with Crippen molar-refractivity contribution in [2.24, 2.45) is 0 Å². The average Bonchev–Trinajstić information content (AvgIpc) is 3.28. The largest absolute Gasteiger partial charge is 0.468 e. The number of nitrogens with zero attached hydrogens (tertiary/aromatic N) is 4. The summed E-state index contributed by atoms with van der Waals surface area (Å²) in [4.78, 5) is 12.1. The van der Waals surface area contributed by atoms with E-state index in [0.717, 1.165) is 115 Å². The van der Waals surface area contributed by atoms with Crippen LogP contribution in [0.3, 0.4) is 0 Å². The molecule has 0 aromatic heterocycles. The van der Waals surface area contributed by atoms with Crippen LogP contribution in [0.25, 0.3) is 0 Å². The summed E-state index contributed by atoms with van der Waals surface area (Å²) in [6, 6.07) is 0. The van der Waals surface area contributed by atoms with E-state index in [1.54, 1.807) is 0 Å². The maximum atomic E-state index is 8.35. The third-order valence-electron chi connectivity index (χ3n) is 13.6. The molecular weight excluding hydrogens is 779 g/mol. The van der Waals surface area contributed by atoms with Crippen molar-refractivity contribution in [2.45, 2.75) is 96.1 Å². The van der Waals surface area contributed by atoms with Gasteiger partial charge in [0.2, 0.25) is 0 Å². The number of morpholine rings is 1. The third kappa shape index (κ3) is 6.54. The Morgan fingerprint density at radius 2 is 1.46 bits per heavy atom. The lowest BCUT2D eigenvalue weighted by molar-refractivity contribution is -0.342. The number of ether oxygens (including phenoxy) is 4. The van der Waals surface area contributed by atoms with Gasteiger partial charge in [0.05, 0.1) is 44.5 Å². The van der Waals surface area contributed by atoms with Gasteiger partial charge in [-0.1, -0.05) is 34.4 Å². The number of rotatable bonds is 8. The molecule has 54 heavy (non-hydrogen) atoms. The summed E-state index contributed by atoms with van der Waals surface area (Å²) < 4.78 is 35.1. The number of hydrogen-bond acceptors (Lipinski definition) is 15. The monoisotopic (exact) mass is 841 g/mol.